The first-order chi connectivity index (χ1) is 13.4. The van der Waals surface area contributed by atoms with Crippen molar-refractivity contribution in [2.75, 3.05) is 4.90 Å². The molecule has 1 aliphatic rings. The van der Waals surface area contributed by atoms with Crippen LogP contribution in [0.4, 0.5) is 5.69 Å². The normalized spacial score (nSPS) is 19.1. The number of hydrogen-bond donors (Lipinski definition) is 1. The van der Waals surface area contributed by atoms with E-state index in [0.29, 0.717) is 28.1 Å². The van der Waals surface area contributed by atoms with Gasteiger partial charge in [0.15, 0.2) is 0 Å². The van der Waals surface area contributed by atoms with Gasteiger partial charge < -0.3 is 5.73 Å². The van der Waals surface area contributed by atoms with Crippen molar-refractivity contribution in [3.8, 4) is 12.1 Å². The van der Waals surface area contributed by atoms with E-state index in [1.807, 2.05) is 31.2 Å². The summed E-state index contributed by atoms with van der Waals surface area (Å²) in [6.07, 6.45) is 0. The number of allylic oxidation sites excluding steroid dienone is 2. The summed E-state index contributed by atoms with van der Waals surface area (Å²) in [7, 11) is 0. The van der Waals surface area contributed by atoms with Crippen molar-refractivity contribution in [1.29, 1.82) is 10.5 Å². The summed E-state index contributed by atoms with van der Waals surface area (Å²) in [4.78, 5) is 27.0. The average Bonchev–Trinajstić information content (AvgIpc) is 2.67. The van der Waals surface area contributed by atoms with Gasteiger partial charge in [-0.05, 0) is 49.2 Å². The van der Waals surface area contributed by atoms with Crippen molar-refractivity contribution in [2.45, 2.75) is 19.8 Å². The van der Waals surface area contributed by atoms with E-state index in [1.54, 1.807) is 37.3 Å². The molecule has 28 heavy (non-hydrogen) atoms. The van der Waals surface area contributed by atoms with Gasteiger partial charge in [0.1, 0.15) is 5.92 Å². The summed E-state index contributed by atoms with van der Waals surface area (Å²) in [6, 6.07) is 18.0. The fourth-order valence-corrected chi connectivity index (χ4v) is 3.61. The molecule has 1 heterocycles. The van der Waals surface area contributed by atoms with Crippen LogP contribution in [0.1, 0.15) is 29.5 Å². The first-order valence-corrected chi connectivity index (χ1v) is 8.70. The smallest absolute Gasteiger partial charge is 0.244 e. The van der Waals surface area contributed by atoms with Gasteiger partial charge in [0.25, 0.3) is 0 Å². The number of nitriles is 2. The highest BCUT2D eigenvalue weighted by Gasteiger charge is 2.45. The molecule has 0 radical (unpaired) electrons. The molecular weight excluding hydrogens is 352 g/mol. The van der Waals surface area contributed by atoms with E-state index in [1.165, 1.54) is 4.90 Å². The number of benzene rings is 2. The van der Waals surface area contributed by atoms with Gasteiger partial charge in [-0.25, -0.2) is 0 Å². The first-order valence-electron chi connectivity index (χ1n) is 8.70. The van der Waals surface area contributed by atoms with Gasteiger partial charge >= 0.3 is 0 Å². The van der Waals surface area contributed by atoms with Crippen molar-refractivity contribution in [2.24, 2.45) is 11.7 Å². The van der Waals surface area contributed by atoms with E-state index < -0.39 is 23.7 Å². The summed E-state index contributed by atoms with van der Waals surface area (Å²) in [5.74, 6) is -3.27. The molecule has 0 fully saturated rings. The monoisotopic (exact) mass is 370 g/mol. The van der Waals surface area contributed by atoms with Crippen LogP contribution in [0.3, 0.4) is 0 Å². The Bertz CT molecular complexity index is 1070. The molecule has 0 bridgehead atoms. The summed E-state index contributed by atoms with van der Waals surface area (Å²) in [6.45, 7) is 3.58. The Balaban J connectivity index is 2.22. The van der Waals surface area contributed by atoms with Crippen LogP contribution in [0, 0.1) is 35.5 Å². The molecule has 0 saturated carbocycles. The fourth-order valence-electron chi connectivity index (χ4n) is 3.61. The maximum atomic E-state index is 13.3. The Morgan fingerprint density at radius 1 is 1.07 bits per heavy atom. The number of primary amides is 1. The van der Waals surface area contributed by atoms with Gasteiger partial charge in [-0.2, -0.15) is 10.5 Å². The average molecular weight is 370 g/mol. The zero-order valence-corrected chi connectivity index (χ0v) is 15.5. The van der Waals surface area contributed by atoms with E-state index in [-0.39, 0.29) is 0 Å². The van der Waals surface area contributed by atoms with Crippen molar-refractivity contribution < 1.29 is 9.59 Å². The fraction of sp³-hybridized carbons (Fsp3) is 0.182. The van der Waals surface area contributed by atoms with Crippen LogP contribution in [0.5, 0.6) is 0 Å². The Kier molecular flexibility index (Phi) is 4.98. The number of nitrogens with zero attached hydrogens (tertiary/aromatic N) is 3. The third kappa shape index (κ3) is 3.13. The lowest BCUT2D eigenvalue weighted by molar-refractivity contribution is -0.132. The molecule has 2 aromatic rings. The van der Waals surface area contributed by atoms with Gasteiger partial charge in [-0.1, -0.05) is 24.3 Å². The second-order valence-electron chi connectivity index (χ2n) is 6.72. The highest BCUT2D eigenvalue weighted by Crippen LogP contribution is 2.41. The molecule has 0 saturated heterocycles. The maximum Gasteiger partial charge on any atom is 0.244 e. The predicted molar refractivity (Wildman–Crippen MR) is 104 cm³/mol. The lowest BCUT2D eigenvalue weighted by Gasteiger charge is -2.37. The standard InChI is InChI=1S/C22H18N4O2/c1-13-4-3-5-17(10-13)26-14(2)18(12-24)19(20(21(25)27)22(26)28)16-8-6-15(11-23)7-9-16/h3-10,19-20H,1-2H3,(H2,25,27). The van der Waals surface area contributed by atoms with Gasteiger partial charge in [0.2, 0.25) is 11.8 Å². The number of hydrogen-bond acceptors (Lipinski definition) is 4. The topological polar surface area (TPSA) is 111 Å². The predicted octanol–water partition coefficient (Wildman–Crippen LogP) is 2.90. The quantitative estimate of drug-likeness (QED) is 0.837. The number of amides is 2. The number of anilines is 1. The molecule has 1 aliphatic heterocycles. The Morgan fingerprint density at radius 3 is 2.29 bits per heavy atom. The molecule has 2 amide bonds. The highest BCUT2D eigenvalue weighted by molar-refractivity contribution is 6.11. The number of nitrogens with two attached hydrogens (primary N) is 1. The van der Waals surface area contributed by atoms with Crippen LogP contribution in [0.2, 0.25) is 0 Å². The lowest BCUT2D eigenvalue weighted by atomic mass is 9.76. The van der Waals surface area contributed by atoms with Crippen LogP contribution in [0.25, 0.3) is 0 Å². The van der Waals surface area contributed by atoms with E-state index in [0.717, 1.165) is 5.56 Å². The minimum absolute atomic E-state index is 0.301. The molecule has 0 aliphatic carbocycles. The number of carbonyl (C=O) groups is 2. The summed E-state index contributed by atoms with van der Waals surface area (Å²) < 4.78 is 0. The third-order valence-corrected chi connectivity index (χ3v) is 4.94. The van der Waals surface area contributed by atoms with Crippen molar-refractivity contribution in [3.05, 3.63) is 76.5 Å². The van der Waals surface area contributed by atoms with Crippen LogP contribution in [0.15, 0.2) is 59.8 Å². The van der Waals surface area contributed by atoms with Crippen molar-refractivity contribution >= 4 is 17.5 Å². The van der Waals surface area contributed by atoms with Gasteiger partial charge in [0.05, 0.1) is 23.3 Å². The lowest BCUT2D eigenvalue weighted by Crippen LogP contribution is -2.48. The molecule has 138 valence electrons. The molecule has 6 heteroatoms. The summed E-state index contributed by atoms with van der Waals surface area (Å²) in [5.41, 5.74) is 8.94. The first kappa shape index (κ1) is 18.9. The van der Waals surface area contributed by atoms with E-state index in [4.69, 9.17) is 11.0 Å². The summed E-state index contributed by atoms with van der Waals surface area (Å²) in [5, 5.41) is 18.8. The Hall–Kier alpha value is -3.90. The molecule has 6 nitrogen and oxygen atoms in total. The van der Waals surface area contributed by atoms with Crippen LogP contribution in [-0.4, -0.2) is 11.8 Å². The number of aryl methyl sites for hydroxylation is 1. The zero-order valence-electron chi connectivity index (χ0n) is 15.5. The van der Waals surface area contributed by atoms with Crippen LogP contribution in [-0.2, 0) is 9.59 Å². The van der Waals surface area contributed by atoms with Gasteiger partial charge in [-0.15, -0.1) is 0 Å². The highest BCUT2D eigenvalue weighted by atomic mass is 16.2. The molecule has 2 atom stereocenters. The molecular formula is C22H18N4O2. The van der Waals surface area contributed by atoms with E-state index in [2.05, 4.69) is 6.07 Å². The maximum absolute atomic E-state index is 13.3. The number of rotatable bonds is 3. The SMILES string of the molecule is CC1=C(C#N)C(c2ccc(C#N)cc2)C(C(N)=O)C(=O)N1c1cccc(C)c1. The molecule has 2 unspecified atom stereocenters. The van der Waals surface area contributed by atoms with Crippen LogP contribution < -0.4 is 10.6 Å². The minimum atomic E-state index is -1.22. The zero-order chi connectivity index (χ0) is 20.4. The van der Waals surface area contributed by atoms with Crippen molar-refractivity contribution in [1.82, 2.24) is 0 Å². The molecule has 2 aromatic carbocycles. The minimum Gasteiger partial charge on any atom is -0.369 e. The van der Waals surface area contributed by atoms with Crippen LogP contribution >= 0.6 is 0 Å². The summed E-state index contributed by atoms with van der Waals surface area (Å²) >= 11 is 0. The van der Waals surface area contributed by atoms with Gasteiger partial charge in [-0.3, -0.25) is 14.5 Å². The number of carbonyl (C=O) groups excluding carboxylic acids is 2. The van der Waals surface area contributed by atoms with Gasteiger partial charge in [0, 0.05) is 17.3 Å². The van der Waals surface area contributed by atoms with Crippen molar-refractivity contribution in [3.63, 3.8) is 0 Å². The second-order valence-corrected chi connectivity index (χ2v) is 6.72. The second kappa shape index (κ2) is 7.38. The largest absolute Gasteiger partial charge is 0.369 e. The Morgan fingerprint density at radius 2 is 1.75 bits per heavy atom. The van der Waals surface area contributed by atoms with E-state index >= 15 is 0 Å². The molecule has 3 rings (SSSR count). The Labute approximate surface area is 163 Å². The molecule has 0 aromatic heterocycles. The van der Waals surface area contributed by atoms with E-state index in [9.17, 15) is 14.9 Å². The third-order valence-electron chi connectivity index (χ3n) is 4.94. The molecule has 0 spiro atoms. The molecule has 2 N–H and O–H groups in total.